The van der Waals surface area contributed by atoms with Crippen LogP contribution >= 0.6 is 0 Å². The fraction of sp³-hybridized carbons (Fsp3) is 0.500. The predicted octanol–water partition coefficient (Wildman–Crippen LogP) is 2.69. The molecule has 2 N–H and O–H groups in total. The van der Waals surface area contributed by atoms with Crippen molar-refractivity contribution in [2.45, 2.75) is 26.7 Å². The lowest BCUT2D eigenvalue weighted by atomic mass is 10.1. The molecule has 1 aromatic carbocycles. The van der Waals surface area contributed by atoms with Gasteiger partial charge in [-0.15, -0.1) is 0 Å². The number of amides is 1. The summed E-state index contributed by atoms with van der Waals surface area (Å²) < 4.78 is 26.2. The van der Waals surface area contributed by atoms with Crippen LogP contribution in [0.1, 0.15) is 26.7 Å². The molecule has 1 aromatic rings. The van der Waals surface area contributed by atoms with Crippen molar-refractivity contribution >= 4 is 11.6 Å². The van der Waals surface area contributed by atoms with Gasteiger partial charge in [0.25, 0.3) is 0 Å². The molecule has 0 radical (unpaired) electrons. The molecular weight excluding hydrogens is 250 g/mol. The van der Waals surface area contributed by atoms with Gasteiger partial charge < -0.3 is 10.6 Å². The molecule has 0 spiro atoms. The summed E-state index contributed by atoms with van der Waals surface area (Å²) in [6, 6.07) is 3.49. The van der Waals surface area contributed by atoms with Gasteiger partial charge in [0.05, 0.1) is 0 Å². The highest BCUT2D eigenvalue weighted by molar-refractivity contribution is 5.93. The maximum Gasteiger partial charge on any atom is 0.227 e. The number of anilines is 1. The standard InChI is InChI=1S/C14H20F2N2O/c1-10(2)8-14(19)18(7-3-6-17)11-4-5-12(15)13(16)9-11/h4-5,9-10H,3,6-8,17H2,1-2H3. The number of carbonyl (C=O) groups excluding carboxylic acids is 1. The summed E-state index contributed by atoms with van der Waals surface area (Å²) in [4.78, 5) is 13.6. The van der Waals surface area contributed by atoms with Crippen molar-refractivity contribution in [3.05, 3.63) is 29.8 Å². The third-order valence-electron chi connectivity index (χ3n) is 2.68. The molecule has 0 saturated carbocycles. The van der Waals surface area contributed by atoms with Gasteiger partial charge in [-0.05, 0) is 31.0 Å². The first-order valence-corrected chi connectivity index (χ1v) is 6.41. The van der Waals surface area contributed by atoms with E-state index < -0.39 is 11.6 Å². The van der Waals surface area contributed by atoms with E-state index in [0.29, 0.717) is 31.6 Å². The van der Waals surface area contributed by atoms with E-state index in [0.717, 1.165) is 12.1 Å². The van der Waals surface area contributed by atoms with Crippen LogP contribution in [0.15, 0.2) is 18.2 Å². The third kappa shape index (κ3) is 4.59. The molecule has 0 atom stereocenters. The summed E-state index contributed by atoms with van der Waals surface area (Å²) in [7, 11) is 0. The summed E-state index contributed by atoms with van der Waals surface area (Å²) in [5, 5.41) is 0. The highest BCUT2D eigenvalue weighted by atomic mass is 19.2. The predicted molar refractivity (Wildman–Crippen MR) is 71.8 cm³/mol. The second kappa shape index (κ2) is 7.19. The van der Waals surface area contributed by atoms with Crippen LogP contribution in [0.25, 0.3) is 0 Å². The van der Waals surface area contributed by atoms with Gasteiger partial charge >= 0.3 is 0 Å². The molecule has 5 heteroatoms. The van der Waals surface area contributed by atoms with E-state index in [2.05, 4.69) is 0 Å². The first-order valence-electron chi connectivity index (χ1n) is 6.41. The maximum absolute atomic E-state index is 13.2. The SMILES string of the molecule is CC(C)CC(=O)N(CCCN)c1ccc(F)c(F)c1. The van der Waals surface area contributed by atoms with Crippen LogP contribution in [0, 0.1) is 17.6 Å². The van der Waals surface area contributed by atoms with E-state index in [-0.39, 0.29) is 11.8 Å². The quantitative estimate of drug-likeness (QED) is 0.864. The highest BCUT2D eigenvalue weighted by Crippen LogP contribution is 2.20. The third-order valence-corrected chi connectivity index (χ3v) is 2.68. The Balaban J connectivity index is 2.94. The van der Waals surface area contributed by atoms with Crippen LogP contribution in [0.5, 0.6) is 0 Å². The molecule has 0 aliphatic rings. The summed E-state index contributed by atoms with van der Waals surface area (Å²) in [5.41, 5.74) is 5.81. The molecular formula is C14H20F2N2O. The first kappa shape index (κ1) is 15.6. The fourth-order valence-electron chi connectivity index (χ4n) is 1.76. The Kier molecular flexibility index (Phi) is 5.89. The van der Waals surface area contributed by atoms with Crippen LogP contribution in [-0.2, 0) is 4.79 Å². The summed E-state index contributed by atoms with van der Waals surface area (Å²) in [6.07, 6.45) is 0.979. The Morgan fingerprint density at radius 2 is 2.00 bits per heavy atom. The number of nitrogens with two attached hydrogens (primary N) is 1. The van der Waals surface area contributed by atoms with Crippen molar-refractivity contribution in [2.75, 3.05) is 18.0 Å². The minimum Gasteiger partial charge on any atom is -0.330 e. The monoisotopic (exact) mass is 270 g/mol. The summed E-state index contributed by atoms with van der Waals surface area (Å²) in [6.45, 7) is 4.72. The van der Waals surface area contributed by atoms with Gasteiger partial charge in [0.1, 0.15) is 0 Å². The molecule has 0 unspecified atom stereocenters. The number of nitrogens with zero attached hydrogens (tertiary/aromatic N) is 1. The lowest BCUT2D eigenvalue weighted by Gasteiger charge is -2.23. The number of hydrogen-bond acceptors (Lipinski definition) is 2. The Labute approximate surface area is 112 Å². The van der Waals surface area contributed by atoms with Gasteiger partial charge in [-0.25, -0.2) is 8.78 Å². The van der Waals surface area contributed by atoms with Crippen molar-refractivity contribution in [1.82, 2.24) is 0 Å². The van der Waals surface area contributed by atoms with Crippen LogP contribution in [0.2, 0.25) is 0 Å². The molecule has 0 aliphatic heterocycles. The van der Waals surface area contributed by atoms with E-state index >= 15 is 0 Å². The Morgan fingerprint density at radius 1 is 1.32 bits per heavy atom. The van der Waals surface area contributed by atoms with Gasteiger partial charge in [0.2, 0.25) is 5.91 Å². The van der Waals surface area contributed by atoms with Crippen molar-refractivity contribution < 1.29 is 13.6 Å². The van der Waals surface area contributed by atoms with Gasteiger partial charge in [-0.3, -0.25) is 4.79 Å². The van der Waals surface area contributed by atoms with Crippen LogP contribution < -0.4 is 10.6 Å². The van der Waals surface area contributed by atoms with E-state index in [1.54, 1.807) is 0 Å². The molecule has 0 aromatic heterocycles. The highest BCUT2D eigenvalue weighted by Gasteiger charge is 2.17. The number of hydrogen-bond donors (Lipinski definition) is 1. The minimum absolute atomic E-state index is 0.102. The normalized spacial score (nSPS) is 10.8. The van der Waals surface area contributed by atoms with Crippen molar-refractivity contribution in [3.63, 3.8) is 0 Å². The molecule has 0 saturated heterocycles. The molecule has 1 amide bonds. The van der Waals surface area contributed by atoms with E-state index in [1.807, 2.05) is 13.8 Å². The molecule has 3 nitrogen and oxygen atoms in total. The zero-order chi connectivity index (χ0) is 14.4. The maximum atomic E-state index is 13.2. The molecule has 0 bridgehead atoms. The molecule has 0 aliphatic carbocycles. The molecule has 19 heavy (non-hydrogen) atoms. The van der Waals surface area contributed by atoms with E-state index in [4.69, 9.17) is 5.73 Å². The lowest BCUT2D eigenvalue weighted by molar-refractivity contribution is -0.119. The average Bonchev–Trinajstić information content (AvgIpc) is 2.33. The zero-order valence-electron chi connectivity index (χ0n) is 11.3. The van der Waals surface area contributed by atoms with E-state index in [1.165, 1.54) is 11.0 Å². The summed E-state index contributed by atoms with van der Waals surface area (Å²) in [5.74, 6) is -1.76. The number of benzene rings is 1. The number of carbonyl (C=O) groups is 1. The second-order valence-electron chi connectivity index (χ2n) is 4.88. The number of halogens is 2. The molecule has 0 heterocycles. The fourth-order valence-corrected chi connectivity index (χ4v) is 1.76. The van der Waals surface area contributed by atoms with E-state index in [9.17, 15) is 13.6 Å². The first-order chi connectivity index (χ1) is 8.95. The molecule has 1 rings (SSSR count). The van der Waals surface area contributed by atoms with Gasteiger partial charge in [-0.2, -0.15) is 0 Å². The molecule has 0 fully saturated rings. The Bertz CT molecular complexity index is 435. The minimum atomic E-state index is -0.951. The van der Waals surface area contributed by atoms with Crippen molar-refractivity contribution in [2.24, 2.45) is 11.7 Å². The smallest absolute Gasteiger partial charge is 0.227 e. The lowest BCUT2D eigenvalue weighted by Crippen LogP contribution is -2.33. The van der Waals surface area contributed by atoms with Crippen molar-refractivity contribution in [3.8, 4) is 0 Å². The van der Waals surface area contributed by atoms with Gasteiger partial charge in [-0.1, -0.05) is 13.8 Å². The number of rotatable bonds is 6. The molecule has 106 valence electrons. The van der Waals surface area contributed by atoms with Gasteiger partial charge in [0.15, 0.2) is 11.6 Å². The van der Waals surface area contributed by atoms with Crippen LogP contribution in [0.3, 0.4) is 0 Å². The van der Waals surface area contributed by atoms with Crippen LogP contribution in [0.4, 0.5) is 14.5 Å². The zero-order valence-corrected chi connectivity index (χ0v) is 11.3. The Hall–Kier alpha value is -1.49. The average molecular weight is 270 g/mol. The summed E-state index contributed by atoms with van der Waals surface area (Å²) >= 11 is 0. The topological polar surface area (TPSA) is 46.3 Å². The second-order valence-corrected chi connectivity index (χ2v) is 4.88. The van der Waals surface area contributed by atoms with Crippen molar-refractivity contribution in [1.29, 1.82) is 0 Å². The Morgan fingerprint density at radius 3 is 2.53 bits per heavy atom. The van der Waals surface area contributed by atoms with Crippen LogP contribution in [-0.4, -0.2) is 19.0 Å². The van der Waals surface area contributed by atoms with Gasteiger partial charge in [0, 0.05) is 24.7 Å². The largest absolute Gasteiger partial charge is 0.330 e.